The number of benzene rings is 4. The van der Waals surface area contributed by atoms with E-state index in [9.17, 15) is 0 Å². The van der Waals surface area contributed by atoms with Crippen LogP contribution in [0, 0.1) is 12.8 Å². The lowest BCUT2D eigenvalue weighted by Crippen LogP contribution is -2.47. The lowest BCUT2D eigenvalue weighted by Gasteiger charge is -2.47. The number of fused-ring (bicyclic) bond motifs is 2. The van der Waals surface area contributed by atoms with Gasteiger partial charge in [0, 0.05) is 5.92 Å². The normalized spacial score (nSPS) is 21.5. The first kappa shape index (κ1) is 19.5. The Morgan fingerprint density at radius 1 is 0.735 bits per heavy atom. The minimum absolute atomic E-state index is 0.228. The van der Waals surface area contributed by atoms with Crippen molar-refractivity contribution in [3.8, 4) is 0 Å². The maximum atomic E-state index is 5.30. The summed E-state index contributed by atoms with van der Waals surface area (Å²) < 4.78 is 0. The van der Waals surface area contributed by atoms with Gasteiger partial charge in [0.2, 0.25) is 0 Å². The zero-order chi connectivity index (χ0) is 22.7. The third-order valence-electron chi connectivity index (χ3n) is 7.87. The molecule has 0 N–H and O–H groups in total. The highest BCUT2D eigenvalue weighted by Crippen LogP contribution is 2.59. The first-order valence-corrected chi connectivity index (χ1v) is 12.1. The topological polar surface area (TPSA) is 15.6 Å². The molecule has 1 aliphatic carbocycles. The number of anilines is 1. The molecule has 2 heteroatoms. The second-order valence-electron chi connectivity index (χ2n) is 9.64. The first-order chi connectivity index (χ1) is 16.8. The van der Waals surface area contributed by atoms with Crippen LogP contribution in [0.15, 0.2) is 126 Å². The average molecular weight is 439 g/mol. The average Bonchev–Trinajstić information content (AvgIpc) is 3.50. The van der Waals surface area contributed by atoms with Gasteiger partial charge in [-0.15, -0.1) is 0 Å². The van der Waals surface area contributed by atoms with E-state index >= 15 is 0 Å². The molecule has 0 unspecified atom stereocenters. The number of hydrazone groups is 1. The summed E-state index contributed by atoms with van der Waals surface area (Å²) in [6.45, 7) is 2.14. The van der Waals surface area contributed by atoms with Gasteiger partial charge in [-0.25, -0.2) is 0 Å². The van der Waals surface area contributed by atoms with E-state index in [2.05, 4.69) is 127 Å². The predicted molar refractivity (Wildman–Crippen MR) is 139 cm³/mol. The fourth-order valence-electron chi connectivity index (χ4n) is 6.44. The zero-order valence-corrected chi connectivity index (χ0v) is 19.2. The number of nitrogens with zero attached hydrogens (tertiary/aromatic N) is 2. The molecule has 0 saturated heterocycles. The van der Waals surface area contributed by atoms with Gasteiger partial charge in [-0.05, 0) is 47.2 Å². The molecule has 2 heterocycles. The molecular weight excluding hydrogens is 412 g/mol. The van der Waals surface area contributed by atoms with Gasteiger partial charge in [-0.3, -0.25) is 5.01 Å². The Kier molecular flexibility index (Phi) is 4.20. The molecule has 3 aliphatic rings. The highest BCUT2D eigenvalue weighted by atomic mass is 15.5. The van der Waals surface area contributed by atoms with E-state index in [1.807, 2.05) is 0 Å². The van der Waals surface area contributed by atoms with E-state index in [0.717, 1.165) is 6.42 Å². The van der Waals surface area contributed by atoms with Crippen molar-refractivity contribution in [2.75, 3.05) is 5.01 Å². The standard InChI is InChI=1S/C32H26N2/c1-22-16-18-23(19-17-22)30-26-20-21-28-31(26)34(33-30)29-15-9-8-14-27(29)32(28,24-10-4-2-5-11-24)25-12-6-3-7-13-25/h2-19,21,26,31H,20H2,1H3/t26-,31+/m0/s1. The molecule has 0 radical (unpaired) electrons. The highest BCUT2D eigenvalue weighted by Gasteiger charge is 2.56. The third kappa shape index (κ3) is 2.54. The van der Waals surface area contributed by atoms with Crippen LogP contribution in [0.1, 0.15) is 34.2 Å². The lowest BCUT2D eigenvalue weighted by molar-refractivity contribution is 0.544. The second-order valence-corrected chi connectivity index (χ2v) is 9.64. The van der Waals surface area contributed by atoms with Crippen molar-refractivity contribution in [3.05, 3.63) is 149 Å². The molecule has 2 aliphatic heterocycles. The lowest BCUT2D eigenvalue weighted by atomic mass is 9.60. The molecule has 34 heavy (non-hydrogen) atoms. The smallest absolute Gasteiger partial charge is 0.0838 e. The van der Waals surface area contributed by atoms with Gasteiger partial charge >= 0.3 is 0 Å². The molecule has 0 bridgehead atoms. The molecule has 0 aromatic heterocycles. The summed E-state index contributed by atoms with van der Waals surface area (Å²) in [6.07, 6.45) is 3.53. The van der Waals surface area contributed by atoms with Crippen LogP contribution >= 0.6 is 0 Å². The Morgan fingerprint density at radius 3 is 2.03 bits per heavy atom. The van der Waals surface area contributed by atoms with Crippen molar-refractivity contribution in [2.24, 2.45) is 11.0 Å². The van der Waals surface area contributed by atoms with Crippen LogP contribution in [0.2, 0.25) is 0 Å². The number of hydrogen-bond acceptors (Lipinski definition) is 2. The summed E-state index contributed by atoms with van der Waals surface area (Å²) in [5.41, 5.74) is 10.0. The van der Waals surface area contributed by atoms with Gasteiger partial charge in [0.25, 0.3) is 0 Å². The molecule has 0 saturated carbocycles. The van der Waals surface area contributed by atoms with Gasteiger partial charge < -0.3 is 0 Å². The number of aryl methyl sites for hydroxylation is 1. The second kappa shape index (κ2) is 7.30. The summed E-state index contributed by atoms with van der Waals surface area (Å²) in [7, 11) is 0. The van der Waals surface area contributed by atoms with Crippen LogP contribution < -0.4 is 5.01 Å². The van der Waals surface area contributed by atoms with E-state index in [4.69, 9.17) is 5.10 Å². The molecule has 7 rings (SSSR count). The van der Waals surface area contributed by atoms with Crippen LogP contribution in [0.5, 0.6) is 0 Å². The van der Waals surface area contributed by atoms with E-state index in [0.29, 0.717) is 5.92 Å². The summed E-state index contributed by atoms with van der Waals surface area (Å²) >= 11 is 0. The summed E-state index contributed by atoms with van der Waals surface area (Å²) in [4.78, 5) is 0. The quantitative estimate of drug-likeness (QED) is 0.318. The molecular formula is C32H26N2. The molecule has 2 nitrogen and oxygen atoms in total. The number of hydrogen-bond donors (Lipinski definition) is 0. The first-order valence-electron chi connectivity index (χ1n) is 12.1. The number of allylic oxidation sites excluding steroid dienone is 1. The SMILES string of the molecule is Cc1ccc(C2=NN3c4ccccc4C(c4ccccc4)(c4ccccc4)C4=CC[C@@H]2[C@H]43)cc1. The summed E-state index contributed by atoms with van der Waals surface area (Å²) in [5, 5.41) is 7.61. The Bertz CT molecular complexity index is 1390. The van der Waals surface area contributed by atoms with Crippen LogP contribution in [0.3, 0.4) is 0 Å². The largest absolute Gasteiger partial charge is 0.257 e. The van der Waals surface area contributed by atoms with Crippen LogP contribution in [0.25, 0.3) is 0 Å². The van der Waals surface area contributed by atoms with E-state index < -0.39 is 0 Å². The van der Waals surface area contributed by atoms with Crippen molar-refractivity contribution in [3.63, 3.8) is 0 Å². The minimum Gasteiger partial charge on any atom is -0.257 e. The van der Waals surface area contributed by atoms with Crippen molar-refractivity contribution in [1.29, 1.82) is 0 Å². The van der Waals surface area contributed by atoms with Crippen molar-refractivity contribution in [2.45, 2.75) is 24.8 Å². The molecule has 4 aromatic carbocycles. The fourth-order valence-corrected chi connectivity index (χ4v) is 6.44. The summed E-state index contributed by atoms with van der Waals surface area (Å²) in [6, 6.07) is 40.1. The van der Waals surface area contributed by atoms with Gasteiger partial charge in [0.1, 0.15) is 0 Å². The van der Waals surface area contributed by atoms with Crippen molar-refractivity contribution >= 4 is 11.4 Å². The fraction of sp³-hybridized carbons (Fsp3) is 0.156. The molecule has 2 atom stereocenters. The molecule has 0 fully saturated rings. The maximum Gasteiger partial charge on any atom is 0.0838 e. The Hall–Kier alpha value is -3.91. The molecule has 164 valence electrons. The van der Waals surface area contributed by atoms with Gasteiger partial charge in [0.05, 0.1) is 22.9 Å². The van der Waals surface area contributed by atoms with Crippen molar-refractivity contribution in [1.82, 2.24) is 0 Å². The van der Waals surface area contributed by atoms with Gasteiger partial charge in [-0.1, -0.05) is 115 Å². The summed E-state index contributed by atoms with van der Waals surface area (Å²) in [5.74, 6) is 0.359. The van der Waals surface area contributed by atoms with Crippen LogP contribution in [-0.4, -0.2) is 11.8 Å². The van der Waals surface area contributed by atoms with Crippen LogP contribution in [0.4, 0.5) is 5.69 Å². The predicted octanol–water partition coefficient (Wildman–Crippen LogP) is 6.88. The zero-order valence-electron chi connectivity index (χ0n) is 19.2. The molecule has 0 spiro atoms. The monoisotopic (exact) mass is 438 g/mol. The van der Waals surface area contributed by atoms with E-state index in [1.165, 1.54) is 44.8 Å². The number of rotatable bonds is 3. The minimum atomic E-state index is -0.326. The Labute approximate surface area is 200 Å². The number of para-hydroxylation sites is 1. The van der Waals surface area contributed by atoms with Gasteiger partial charge in [0.15, 0.2) is 0 Å². The molecule has 0 amide bonds. The van der Waals surface area contributed by atoms with E-state index in [-0.39, 0.29) is 11.5 Å². The molecule has 4 aromatic rings. The van der Waals surface area contributed by atoms with Crippen LogP contribution in [-0.2, 0) is 5.41 Å². The van der Waals surface area contributed by atoms with Gasteiger partial charge in [-0.2, -0.15) is 5.10 Å². The highest BCUT2D eigenvalue weighted by molar-refractivity contribution is 6.06. The Morgan fingerprint density at radius 2 is 1.35 bits per heavy atom. The Balaban J connectivity index is 1.51. The van der Waals surface area contributed by atoms with E-state index in [1.54, 1.807) is 0 Å². The van der Waals surface area contributed by atoms with Crippen molar-refractivity contribution < 1.29 is 0 Å². The third-order valence-corrected chi connectivity index (χ3v) is 7.87. The maximum absolute atomic E-state index is 5.30.